The maximum absolute atomic E-state index is 14.6. The van der Waals surface area contributed by atoms with Crippen molar-refractivity contribution in [3.8, 4) is 34.3 Å². The Kier molecular flexibility index (Phi) is 6.80. The number of carboxylic acids is 1. The van der Waals surface area contributed by atoms with Gasteiger partial charge >= 0.3 is 5.97 Å². The van der Waals surface area contributed by atoms with Crippen molar-refractivity contribution >= 4 is 11.8 Å². The Balaban J connectivity index is 2.02. The lowest BCUT2D eigenvalue weighted by atomic mass is 10.0. The van der Waals surface area contributed by atoms with Crippen molar-refractivity contribution in [3.05, 3.63) is 64.2 Å². The highest BCUT2D eigenvalue weighted by Crippen LogP contribution is 2.33. The summed E-state index contributed by atoms with van der Waals surface area (Å²) in [4.78, 5) is 31.8. The summed E-state index contributed by atoms with van der Waals surface area (Å²) in [5, 5.41) is 18.8. The lowest BCUT2D eigenvalue weighted by Gasteiger charge is -2.31. The zero-order chi connectivity index (χ0) is 25.1. The number of nitrogens with zero attached hydrogens (tertiary/aromatic N) is 4. The number of nitriles is 1. The van der Waals surface area contributed by atoms with E-state index in [1.807, 2.05) is 0 Å². The average molecular weight is 477 g/mol. The maximum Gasteiger partial charge on any atom is 0.323 e. The Morgan fingerprint density at radius 2 is 1.89 bits per heavy atom. The highest BCUT2D eigenvalue weighted by Gasteiger charge is 2.26. The molecular weight excluding hydrogens is 453 g/mol. The predicted molar refractivity (Wildman–Crippen MR) is 128 cm³/mol. The smallest absolute Gasteiger partial charge is 0.323 e. The molecule has 4 rings (SSSR count). The lowest BCUT2D eigenvalue weighted by Crippen LogP contribution is -2.43. The van der Waals surface area contributed by atoms with Gasteiger partial charge in [-0.3, -0.25) is 14.2 Å². The zero-order valence-electron chi connectivity index (χ0n) is 19.1. The SMILES string of the molecule is COc1ccc(-c2c(-c3ccc(C#N)c(F)c3)nc(N3CCC(N)CC3)c(=O)n2CC(=O)O)cc1. The molecule has 35 heavy (non-hydrogen) atoms. The van der Waals surface area contributed by atoms with E-state index in [4.69, 9.17) is 15.7 Å². The van der Waals surface area contributed by atoms with Gasteiger partial charge < -0.3 is 20.5 Å². The van der Waals surface area contributed by atoms with Crippen LogP contribution in [0, 0.1) is 17.1 Å². The van der Waals surface area contributed by atoms with Gasteiger partial charge in [-0.25, -0.2) is 9.37 Å². The monoisotopic (exact) mass is 477 g/mol. The fourth-order valence-corrected chi connectivity index (χ4v) is 4.16. The minimum absolute atomic E-state index is 0.0122. The molecule has 180 valence electrons. The van der Waals surface area contributed by atoms with Crippen LogP contribution in [0.4, 0.5) is 10.2 Å². The molecule has 1 aliphatic heterocycles. The summed E-state index contributed by atoms with van der Waals surface area (Å²) in [6, 6.07) is 12.5. The van der Waals surface area contributed by atoms with Crippen LogP contribution in [0.25, 0.3) is 22.5 Å². The fourth-order valence-electron chi connectivity index (χ4n) is 4.16. The van der Waals surface area contributed by atoms with Crippen LogP contribution >= 0.6 is 0 Å². The van der Waals surface area contributed by atoms with Gasteiger partial charge in [0.2, 0.25) is 0 Å². The first-order chi connectivity index (χ1) is 16.8. The highest BCUT2D eigenvalue weighted by molar-refractivity contribution is 5.81. The summed E-state index contributed by atoms with van der Waals surface area (Å²) < 4.78 is 21.0. The molecule has 1 aliphatic rings. The molecule has 9 nitrogen and oxygen atoms in total. The van der Waals surface area contributed by atoms with E-state index in [0.717, 1.165) is 4.57 Å². The van der Waals surface area contributed by atoms with Gasteiger partial charge in [0.15, 0.2) is 5.82 Å². The van der Waals surface area contributed by atoms with E-state index in [9.17, 15) is 19.1 Å². The van der Waals surface area contributed by atoms with Gasteiger partial charge in [0.05, 0.1) is 24.1 Å². The van der Waals surface area contributed by atoms with Crippen molar-refractivity contribution < 1.29 is 19.0 Å². The van der Waals surface area contributed by atoms with E-state index in [2.05, 4.69) is 4.98 Å². The molecule has 0 unspecified atom stereocenters. The lowest BCUT2D eigenvalue weighted by molar-refractivity contribution is -0.137. The normalized spacial score (nSPS) is 13.9. The van der Waals surface area contributed by atoms with Crippen molar-refractivity contribution in [2.75, 3.05) is 25.1 Å². The molecule has 0 radical (unpaired) electrons. The molecule has 1 fully saturated rings. The van der Waals surface area contributed by atoms with E-state index in [1.165, 1.54) is 25.3 Å². The molecule has 2 aromatic carbocycles. The number of rotatable bonds is 6. The largest absolute Gasteiger partial charge is 0.497 e. The molecule has 0 atom stereocenters. The minimum Gasteiger partial charge on any atom is -0.497 e. The molecule has 3 N–H and O–H groups in total. The summed E-state index contributed by atoms with van der Waals surface area (Å²) in [6.45, 7) is 0.355. The Morgan fingerprint density at radius 1 is 1.23 bits per heavy atom. The third kappa shape index (κ3) is 4.85. The zero-order valence-corrected chi connectivity index (χ0v) is 19.1. The van der Waals surface area contributed by atoms with Gasteiger partial charge in [-0.1, -0.05) is 6.07 Å². The quantitative estimate of drug-likeness (QED) is 0.553. The number of nitrogens with two attached hydrogens (primary N) is 1. The molecule has 1 saturated heterocycles. The van der Waals surface area contributed by atoms with Crippen molar-refractivity contribution in [2.24, 2.45) is 5.73 Å². The molecular formula is C25H24FN5O4. The van der Waals surface area contributed by atoms with Gasteiger partial charge in [-0.2, -0.15) is 5.26 Å². The van der Waals surface area contributed by atoms with E-state index in [0.29, 0.717) is 42.8 Å². The molecule has 0 bridgehead atoms. The second kappa shape index (κ2) is 9.95. The van der Waals surface area contributed by atoms with Crippen LogP contribution in [-0.4, -0.2) is 46.9 Å². The number of aromatic nitrogens is 2. The molecule has 0 amide bonds. The summed E-state index contributed by atoms with van der Waals surface area (Å²) in [5.74, 6) is -1.30. The summed E-state index contributed by atoms with van der Waals surface area (Å²) in [5.41, 5.74) is 6.57. The van der Waals surface area contributed by atoms with E-state index in [-0.39, 0.29) is 28.8 Å². The Hall–Kier alpha value is -4.23. The number of aliphatic carboxylic acids is 1. The third-order valence-corrected chi connectivity index (χ3v) is 6.01. The average Bonchev–Trinajstić information content (AvgIpc) is 2.85. The fraction of sp³-hybridized carbons (Fsp3) is 0.280. The van der Waals surface area contributed by atoms with Gasteiger partial charge in [0, 0.05) is 30.3 Å². The number of halogens is 1. The van der Waals surface area contributed by atoms with Crippen molar-refractivity contribution in [1.29, 1.82) is 5.26 Å². The van der Waals surface area contributed by atoms with Gasteiger partial charge in [-0.05, 0) is 49.2 Å². The molecule has 10 heteroatoms. The number of hydrogen-bond acceptors (Lipinski definition) is 7. The molecule has 1 aromatic heterocycles. The van der Waals surface area contributed by atoms with E-state index < -0.39 is 23.9 Å². The van der Waals surface area contributed by atoms with Crippen LogP contribution < -0.4 is 20.9 Å². The van der Waals surface area contributed by atoms with Crippen LogP contribution in [0.1, 0.15) is 18.4 Å². The number of hydrogen-bond donors (Lipinski definition) is 2. The number of carbonyl (C=O) groups is 1. The molecule has 0 saturated carbocycles. The second-order valence-corrected chi connectivity index (χ2v) is 8.28. The van der Waals surface area contributed by atoms with Gasteiger partial charge in [-0.15, -0.1) is 0 Å². The van der Waals surface area contributed by atoms with Gasteiger partial charge in [0.1, 0.15) is 24.2 Å². The third-order valence-electron chi connectivity index (χ3n) is 6.01. The predicted octanol–water partition coefficient (Wildman–Crippen LogP) is 2.61. The van der Waals surface area contributed by atoms with Crippen LogP contribution in [0.3, 0.4) is 0 Å². The van der Waals surface area contributed by atoms with E-state index >= 15 is 0 Å². The first-order valence-corrected chi connectivity index (χ1v) is 11.0. The number of methoxy groups -OCH3 is 1. The highest BCUT2D eigenvalue weighted by atomic mass is 19.1. The first kappa shape index (κ1) is 23.9. The minimum atomic E-state index is -1.21. The maximum atomic E-state index is 14.6. The van der Waals surface area contributed by atoms with Crippen molar-refractivity contribution in [2.45, 2.75) is 25.4 Å². The van der Waals surface area contributed by atoms with Crippen LogP contribution in [0.15, 0.2) is 47.3 Å². The topological polar surface area (TPSA) is 134 Å². The molecule has 0 aliphatic carbocycles. The molecule has 0 spiro atoms. The number of benzene rings is 2. The summed E-state index contributed by atoms with van der Waals surface area (Å²) >= 11 is 0. The first-order valence-electron chi connectivity index (χ1n) is 11.0. The van der Waals surface area contributed by atoms with Crippen molar-refractivity contribution in [1.82, 2.24) is 9.55 Å². The number of piperidine rings is 1. The Bertz CT molecular complexity index is 1360. The van der Waals surface area contributed by atoms with Crippen LogP contribution in [0.5, 0.6) is 5.75 Å². The second-order valence-electron chi connectivity index (χ2n) is 8.28. The Morgan fingerprint density at radius 3 is 2.46 bits per heavy atom. The van der Waals surface area contributed by atoms with Crippen molar-refractivity contribution in [3.63, 3.8) is 0 Å². The van der Waals surface area contributed by atoms with Crippen LogP contribution in [0.2, 0.25) is 0 Å². The summed E-state index contributed by atoms with van der Waals surface area (Å²) in [7, 11) is 1.52. The summed E-state index contributed by atoms with van der Waals surface area (Å²) in [6.07, 6.45) is 1.31. The standard InChI is InChI=1S/C25H24FN5O4/c1-35-19-6-4-15(5-7-19)23-22(16-2-3-17(13-27)20(26)12-16)29-24(25(34)31(23)14-21(32)33)30-10-8-18(28)9-11-30/h2-7,12,18H,8-11,14,28H2,1H3,(H,32,33). The molecule has 3 aromatic rings. The number of anilines is 1. The number of ether oxygens (including phenoxy) is 1. The van der Waals surface area contributed by atoms with Crippen LogP contribution in [-0.2, 0) is 11.3 Å². The molecule has 2 heterocycles. The van der Waals surface area contributed by atoms with E-state index in [1.54, 1.807) is 35.2 Å². The number of carboxylic acid groups (broad SMARTS) is 1. The van der Waals surface area contributed by atoms with Gasteiger partial charge in [0.25, 0.3) is 5.56 Å². The Labute approximate surface area is 200 Å².